The number of hydrogen-bond donors (Lipinski definition) is 0. The minimum absolute atomic E-state index is 0.826. The van der Waals surface area contributed by atoms with Crippen LogP contribution in [-0.4, -0.2) is 26.2 Å². The Morgan fingerprint density at radius 3 is 0.750 bits per heavy atom. The predicted molar refractivity (Wildman–Crippen MR) is 186 cm³/mol. The summed E-state index contributed by atoms with van der Waals surface area (Å²) in [5, 5.41) is 17.7. The molecular formula is C38H40N6. The summed E-state index contributed by atoms with van der Waals surface area (Å²) in [5.41, 5.74) is 10.3. The molecule has 5 aromatic rings. The molecule has 0 aliphatic rings. The van der Waals surface area contributed by atoms with E-state index >= 15 is 0 Å². The third-order valence-electron chi connectivity index (χ3n) is 7.80. The van der Waals surface area contributed by atoms with Crippen LogP contribution in [0.25, 0.3) is 22.3 Å². The maximum Gasteiger partial charge on any atom is 0.0858 e. The number of azo groups is 2. The summed E-state index contributed by atoms with van der Waals surface area (Å²) in [7, 11) is 0. The molecule has 0 fully saturated rings. The molecule has 0 amide bonds. The van der Waals surface area contributed by atoms with E-state index < -0.39 is 0 Å². The Morgan fingerprint density at radius 1 is 0.318 bits per heavy atom. The molecule has 0 unspecified atom stereocenters. The molecule has 44 heavy (non-hydrogen) atoms. The van der Waals surface area contributed by atoms with Crippen molar-refractivity contribution in [1.82, 2.24) is 0 Å². The summed E-state index contributed by atoms with van der Waals surface area (Å²) >= 11 is 0. The monoisotopic (exact) mass is 580 g/mol. The molecule has 0 aliphatic heterocycles. The SMILES string of the molecule is CCN(CC)c1ccc(/N=N/c2ccc(-c3ccc(-c4ccc(/N=N/c5ccc(N(CC)CC)cc5)cc4)cc3)cc2)cc1. The van der Waals surface area contributed by atoms with E-state index in [2.05, 4.69) is 131 Å². The van der Waals surface area contributed by atoms with Crippen LogP contribution in [0.15, 0.2) is 142 Å². The van der Waals surface area contributed by atoms with Crippen molar-refractivity contribution in [1.29, 1.82) is 0 Å². The highest BCUT2D eigenvalue weighted by molar-refractivity contribution is 5.72. The quantitative estimate of drug-likeness (QED) is 0.138. The predicted octanol–water partition coefficient (Wildman–Crippen LogP) is 11.5. The summed E-state index contributed by atoms with van der Waals surface area (Å²) < 4.78 is 0. The number of anilines is 2. The lowest BCUT2D eigenvalue weighted by Gasteiger charge is -2.20. The van der Waals surface area contributed by atoms with Crippen LogP contribution in [0.5, 0.6) is 0 Å². The Kier molecular flexibility index (Phi) is 10.3. The van der Waals surface area contributed by atoms with Gasteiger partial charge >= 0.3 is 0 Å². The molecule has 222 valence electrons. The summed E-state index contributed by atoms with van der Waals surface area (Å²) in [6.07, 6.45) is 0. The van der Waals surface area contributed by atoms with Gasteiger partial charge in [-0.15, -0.1) is 0 Å². The van der Waals surface area contributed by atoms with Gasteiger partial charge in [-0.05, 0) is 123 Å². The van der Waals surface area contributed by atoms with Crippen molar-refractivity contribution in [3.63, 3.8) is 0 Å². The lowest BCUT2D eigenvalue weighted by molar-refractivity contribution is 0.866. The Labute approximate surface area is 261 Å². The smallest absolute Gasteiger partial charge is 0.0858 e. The Morgan fingerprint density at radius 2 is 0.523 bits per heavy atom. The molecule has 0 bridgehead atoms. The van der Waals surface area contributed by atoms with Crippen LogP contribution in [0.3, 0.4) is 0 Å². The molecule has 0 spiro atoms. The second-order valence-electron chi connectivity index (χ2n) is 10.4. The average molecular weight is 581 g/mol. The third-order valence-corrected chi connectivity index (χ3v) is 7.80. The van der Waals surface area contributed by atoms with Crippen molar-refractivity contribution in [3.8, 4) is 22.3 Å². The topological polar surface area (TPSA) is 55.9 Å². The number of rotatable bonds is 12. The normalized spacial score (nSPS) is 11.4. The van der Waals surface area contributed by atoms with Gasteiger partial charge < -0.3 is 9.80 Å². The fourth-order valence-electron chi connectivity index (χ4n) is 5.16. The summed E-state index contributed by atoms with van der Waals surface area (Å²) in [6, 6.07) is 41.4. The van der Waals surface area contributed by atoms with Gasteiger partial charge in [-0.3, -0.25) is 0 Å². The zero-order chi connectivity index (χ0) is 30.7. The van der Waals surface area contributed by atoms with Crippen LogP contribution in [-0.2, 0) is 0 Å². The Hall–Kier alpha value is -5.10. The van der Waals surface area contributed by atoms with Crippen LogP contribution in [0, 0.1) is 0 Å². The van der Waals surface area contributed by atoms with Crippen LogP contribution in [0.1, 0.15) is 27.7 Å². The standard InChI is InChI=1S/C38H40N6/c1-5-43(6-2)37-25-21-35(22-26-37)41-39-33-17-13-31(14-18-33)29-9-11-30(12-10-29)32-15-19-34(20-16-32)40-42-36-23-27-38(28-24-36)44(7-3)8-4/h9-28H,5-8H2,1-4H3/b41-39+,42-40+. The molecule has 6 heteroatoms. The summed E-state index contributed by atoms with van der Waals surface area (Å²) in [4.78, 5) is 4.62. The molecule has 0 saturated heterocycles. The zero-order valence-corrected chi connectivity index (χ0v) is 26.1. The molecule has 0 aromatic heterocycles. The van der Waals surface area contributed by atoms with Crippen LogP contribution in [0.2, 0.25) is 0 Å². The molecule has 5 rings (SSSR count). The Bertz CT molecular complexity index is 1520. The van der Waals surface area contributed by atoms with Crippen molar-refractivity contribution in [2.24, 2.45) is 20.5 Å². The zero-order valence-electron chi connectivity index (χ0n) is 26.1. The highest BCUT2D eigenvalue weighted by Crippen LogP contribution is 2.29. The highest BCUT2D eigenvalue weighted by atomic mass is 15.1. The van der Waals surface area contributed by atoms with E-state index in [9.17, 15) is 0 Å². The van der Waals surface area contributed by atoms with Gasteiger partial charge in [0.05, 0.1) is 22.7 Å². The minimum Gasteiger partial charge on any atom is -0.372 e. The first-order valence-corrected chi connectivity index (χ1v) is 15.4. The van der Waals surface area contributed by atoms with E-state index in [0.29, 0.717) is 0 Å². The first-order valence-electron chi connectivity index (χ1n) is 15.4. The molecule has 0 N–H and O–H groups in total. The van der Waals surface area contributed by atoms with Crippen LogP contribution >= 0.6 is 0 Å². The molecule has 0 aliphatic carbocycles. The van der Waals surface area contributed by atoms with Gasteiger partial charge in [-0.2, -0.15) is 20.5 Å². The number of benzene rings is 5. The fourth-order valence-corrected chi connectivity index (χ4v) is 5.16. The maximum atomic E-state index is 4.43. The molecule has 6 nitrogen and oxygen atoms in total. The van der Waals surface area contributed by atoms with Gasteiger partial charge in [0.2, 0.25) is 0 Å². The highest BCUT2D eigenvalue weighted by Gasteiger charge is 2.04. The van der Waals surface area contributed by atoms with Crippen molar-refractivity contribution < 1.29 is 0 Å². The van der Waals surface area contributed by atoms with Crippen molar-refractivity contribution in [3.05, 3.63) is 121 Å². The van der Waals surface area contributed by atoms with E-state index in [0.717, 1.165) is 71.2 Å². The van der Waals surface area contributed by atoms with Gasteiger partial charge in [-0.1, -0.05) is 48.5 Å². The van der Waals surface area contributed by atoms with E-state index in [1.54, 1.807) is 0 Å². The largest absolute Gasteiger partial charge is 0.372 e. The second-order valence-corrected chi connectivity index (χ2v) is 10.4. The molecule has 5 aromatic carbocycles. The molecular weight excluding hydrogens is 540 g/mol. The van der Waals surface area contributed by atoms with Crippen molar-refractivity contribution in [2.75, 3.05) is 36.0 Å². The number of nitrogens with zero attached hydrogens (tertiary/aromatic N) is 6. The van der Waals surface area contributed by atoms with Gasteiger partial charge in [0, 0.05) is 37.6 Å². The summed E-state index contributed by atoms with van der Waals surface area (Å²) in [5.74, 6) is 0. The third kappa shape index (κ3) is 7.64. The van der Waals surface area contributed by atoms with E-state index in [4.69, 9.17) is 0 Å². The molecule has 0 atom stereocenters. The average Bonchev–Trinajstić information content (AvgIpc) is 3.09. The second kappa shape index (κ2) is 14.9. The van der Waals surface area contributed by atoms with Crippen molar-refractivity contribution in [2.45, 2.75) is 27.7 Å². The van der Waals surface area contributed by atoms with Gasteiger partial charge in [-0.25, -0.2) is 0 Å². The van der Waals surface area contributed by atoms with Crippen LogP contribution in [0.4, 0.5) is 34.1 Å². The van der Waals surface area contributed by atoms with Gasteiger partial charge in [0.15, 0.2) is 0 Å². The van der Waals surface area contributed by atoms with E-state index in [1.807, 2.05) is 48.5 Å². The van der Waals surface area contributed by atoms with E-state index in [1.165, 1.54) is 11.4 Å². The lowest BCUT2D eigenvalue weighted by Crippen LogP contribution is -2.21. The van der Waals surface area contributed by atoms with Crippen molar-refractivity contribution >= 4 is 34.1 Å². The number of hydrogen-bond acceptors (Lipinski definition) is 6. The Balaban J connectivity index is 1.18. The first-order chi connectivity index (χ1) is 21.6. The minimum atomic E-state index is 0.826. The van der Waals surface area contributed by atoms with E-state index in [-0.39, 0.29) is 0 Å². The maximum absolute atomic E-state index is 4.43. The molecule has 0 saturated carbocycles. The summed E-state index contributed by atoms with van der Waals surface area (Å²) in [6.45, 7) is 12.6. The molecule has 0 heterocycles. The first kappa shape index (κ1) is 30.4. The van der Waals surface area contributed by atoms with Gasteiger partial charge in [0.1, 0.15) is 0 Å². The van der Waals surface area contributed by atoms with Crippen LogP contribution < -0.4 is 9.80 Å². The lowest BCUT2D eigenvalue weighted by atomic mass is 10.00. The van der Waals surface area contributed by atoms with Gasteiger partial charge in [0.25, 0.3) is 0 Å². The fraction of sp³-hybridized carbons (Fsp3) is 0.211. The molecule has 0 radical (unpaired) electrons.